The maximum Gasteiger partial charge on any atom is 0.312 e. The van der Waals surface area contributed by atoms with Crippen molar-refractivity contribution in [2.75, 3.05) is 13.1 Å². The number of likely N-dealkylation sites (tertiary alicyclic amines) is 1. The van der Waals surface area contributed by atoms with Gasteiger partial charge in [0.15, 0.2) is 0 Å². The number of fused-ring (bicyclic) bond motifs is 1. The maximum atomic E-state index is 13.6. The minimum Gasteiger partial charge on any atom is -0.352 e. The van der Waals surface area contributed by atoms with Gasteiger partial charge in [0.1, 0.15) is 12.1 Å². The van der Waals surface area contributed by atoms with Crippen LogP contribution in [0, 0.1) is 17.3 Å². The molecule has 2 aliphatic rings. The highest BCUT2D eigenvalue weighted by Gasteiger charge is 2.52. The second kappa shape index (κ2) is 11.7. The SMILES string of the molecule is CCCC[C@H](NC(=O)[C@@H]1[C@H]2CCC[C@H]2CN1C(=O)[C@@H](NC(N)=O)C(C)(C)C)C(=O)C(=O)NCC. The molecule has 5 N–H and O–H groups in total. The van der Waals surface area contributed by atoms with Crippen molar-refractivity contribution in [2.45, 2.75) is 91.3 Å². The van der Waals surface area contributed by atoms with E-state index in [9.17, 15) is 24.0 Å². The van der Waals surface area contributed by atoms with Crippen molar-refractivity contribution in [2.24, 2.45) is 23.0 Å². The Bertz CT molecular complexity index is 793. The number of Topliss-reactive ketones (excluding diaryl/α,β-unsaturated/α-hetero) is 1. The van der Waals surface area contributed by atoms with Crippen molar-refractivity contribution < 1.29 is 24.0 Å². The van der Waals surface area contributed by atoms with Crippen LogP contribution in [0.5, 0.6) is 0 Å². The van der Waals surface area contributed by atoms with Gasteiger partial charge in [-0.15, -0.1) is 0 Å². The smallest absolute Gasteiger partial charge is 0.312 e. The quantitative estimate of drug-likeness (QED) is 0.346. The number of carbonyl (C=O) groups excluding carboxylic acids is 5. The zero-order valence-corrected chi connectivity index (χ0v) is 21.1. The first kappa shape index (κ1) is 27.6. The molecule has 0 radical (unpaired) electrons. The topological polar surface area (TPSA) is 151 Å². The van der Waals surface area contributed by atoms with Gasteiger partial charge < -0.3 is 26.6 Å². The lowest BCUT2D eigenvalue weighted by Crippen LogP contribution is -2.60. The first-order chi connectivity index (χ1) is 15.9. The number of hydrogen-bond donors (Lipinski definition) is 4. The van der Waals surface area contributed by atoms with E-state index in [1.165, 1.54) is 0 Å². The number of likely N-dealkylation sites (N-methyl/N-ethyl adjacent to an activating group) is 1. The second-order valence-corrected chi connectivity index (χ2v) is 10.5. The molecule has 5 atom stereocenters. The summed E-state index contributed by atoms with van der Waals surface area (Å²) in [4.78, 5) is 65.2. The molecule has 2 fully saturated rings. The van der Waals surface area contributed by atoms with Gasteiger partial charge >= 0.3 is 6.03 Å². The molecule has 1 saturated heterocycles. The van der Waals surface area contributed by atoms with Gasteiger partial charge in [-0.1, -0.05) is 47.0 Å². The van der Waals surface area contributed by atoms with Crippen LogP contribution in [-0.4, -0.2) is 65.7 Å². The largest absolute Gasteiger partial charge is 0.352 e. The molecule has 34 heavy (non-hydrogen) atoms. The van der Waals surface area contributed by atoms with Crippen LogP contribution in [0.4, 0.5) is 4.79 Å². The molecule has 1 saturated carbocycles. The summed E-state index contributed by atoms with van der Waals surface area (Å²) in [7, 11) is 0. The number of primary amides is 1. The van der Waals surface area contributed by atoms with Crippen LogP contribution >= 0.6 is 0 Å². The van der Waals surface area contributed by atoms with Gasteiger partial charge in [0, 0.05) is 13.1 Å². The molecule has 10 nitrogen and oxygen atoms in total. The molecule has 0 aromatic heterocycles. The summed E-state index contributed by atoms with van der Waals surface area (Å²) < 4.78 is 0. The number of amides is 5. The zero-order valence-electron chi connectivity index (χ0n) is 21.1. The van der Waals surface area contributed by atoms with E-state index in [0.717, 1.165) is 25.7 Å². The van der Waals surface area contributed by atoms with Gasteiger partial charge in [0.25, 0.3) is 5.91 Å². The Hall–Kier alpha value is -2.65. The first-order valence-electron chi connectivity index (χ1n) is 12.4. The molecule has 0 bridgehead atoms. The van der Waals surface area contributed by atoms with E-state index in [1.807, 2.05) is 27.7 Å². The number of hydrogen-bond acceptors (Lipinski definition) is 5. The first-order valence-corrected chi connectivity index (χ1v) is 12.4. The fourth-order valence-corrected chi connectivity index (χ4v) is 5.17. The van der Waals surface area contributed by atoms with Crippen LogP contribution in [0.15, 0.2) is 0 Å². The van der Waals surface area contributed by atoms with Crippen LogP contribution in [0.3, 0.4) is 0 Å². The summed E-state index contributed by atoms with van der Waals surface area (Å²) in [6.07, 6.45) is 4.52. The molecule has 0 aromatic carbocycles. The zero-order chi connectivity index (χ0) is 25.6. The van der Waals surface area contributed by atoms with Crippen molar-refractivity contribution in [1.82, 2.24) is 20.9 Å². The minimum absolute atomic E-state index is 0.0236. The monoisotopic (exact) mass is 479 g/mol. The molecule has 1 aliphatic heterocycles. The number of carbonyl (C=O) groups is 5. The van der Waals surface area contributed by atoms with Gasteiger partial charge in [-0.25, -0.2) is 4.79 Å². The van der Waals surface area contributed by atoms with Crippen LogP contribution in [0.25, 0.3) is 0 Å². The van der Waals surface area contributed by atoms with Crippen LogP contribution < -0.4 is 21.7 Å². The average Bonchev–Trinajstić information content (AvgIpc) is 3.34. The van der Waals surface area contributed by atoms with Gasteiger partial charge in [0.05, 0.1) is 6.04 Å². The summed E-state index contributed by atoms with van der Waals surface area (Å²) >= 11 is 0. The Kier molecular flexibility index (Phi) is 9.46. The van der Waals surface area contributed by atoms with E-state index in [1.54, 1.807) is 11.8 Å². The van der Waals surface area contributed by atoms with Crippen LogP contribution in [0.1, 0.15) is 73.1 Å². The summed E-state index contributed by atoms with van der Waals surface area (Å²) in [6, 6.07) is -3.41. The highest BCUT2D eigenvalue weighted by molar-refractivity contribution is 6.38. The van der Waals surface area contributed by atoms with Crippen LogP contribution in [0.2, 0.25) is 0 Å². The number of nitrogens with zero attached hydrogens (tertiary/aromatic N) is 1. The average molecular weight is 480 g/mol. The maximum absolute atomic E-state index is 13.6. The molecule has 0 spiro atoms. The third kappa shape index (κ3) is 6.48. The van der Waals surface area contributed by atoms with Gasteiger partial charge in [-0.2, -0.15) is 0 Å². The predicted molar refractivity (Wildman–Crippen MR) is 127 cm³/mol. The lowest BCUT2D eigenvalue weighted by atomic mass is 9.85. The van der Waals surface area contributed by atoms with E-state index >= 15 is 0 Å². The van der Waals surface area contributed by atoms with Gasteiger partial charge in [0.2, 0.25) is 17.6 Å². The van der Waals surface area contributed by atoms with Gasteiger partial charge in [-0.05, 0) is 43.4 Å². The number of rotatable bonds is 10. The molecular formula is C24H41N5O5. The lowest BCUT2D eigenvalue weighted by Gasteiger charge is -2.36. The van der Waals surface area contributed by atoms with E-state index < -0.39 is 47.2 Å². The van der Waals surface area contributed by atoms with Crippen molar-refractivity contribution in [3.63, 3.8) is 0 Å². The van der Waals surface area contributed by atoms with Gasteiger partial charge in [-0.3, -0.25) is 19.2 Å². The van der Waals surface area contributed by atoms with Crippen molar-refractivity contribution in [1.29, 1.82) is 0 Å². The standard InChI is InChI=1S/C24H41N5O5/c1-6-8-12-16(18(30)21(32)26-7-2)27-20(31)17-15-11-9-10-14(15)13-29(17)22(33)19(24(3,4)5)28-23(25)34/h14-17,19H,6-13H2,1-5H3,(H,26,32)(H,27,31)(H3,25,28,34)/t14-,15-,16-,17-,19+/m0/s1. The van der Waals surface area contributed by atoms with Crippen molar-refractivity contribution in [3.05, 3.63) is 0 Å². The lowest BCUT2D eigenvalue weighted by molar-refractivity contribution is -0.144. The normalized spacial score (nSPS) is 23.6. The highest BCUT2D eigenvalue weighted by atomic mass is 16.2. The summed E-state index contributed by atoms with van der Waals surface area (Å²) in [5.74, 6) is -2.02. The number of urea groups is 1. The molecule has 2 rings (SSSR count). The Morgan fingerprint density at radius 3 is 2.29 bits per heavy atom. The molecule has 192 valence electrons. The fourth-order valence-electron chi connectivity index (χ4n) is 5.17. The molecule has 1 heterocycles. The Balaban J connectivity index is 2.30. The Labute approximate surface area is 202 Å². The molecule has 1 aliphatic carbocycles. The summed E-state index contributed by atoms with van der Waals surface area (Å²) in [6.45, 7) is 9.89. The molecular weight excluding hydrogens is 438 g/mol. The summed E-state index contributed by atoms with van der Waals surface area (Å²) in [5, 5.41) is 7.84. The van der Waals surface area contributed by atoms with E-state index in [2.05, 4.69) is 16.0 Å². The van der Waals surface area contributed by atoms with Crippen LogP contribution in [-0.2, 0) is 19.2 Å². The third-order valence-corrected chi connectivity index (χ3v) is 6.88. The highest BCUT2D eigenvalue weighted by Crippen LogP contribution is 2.43. The molecule has 0 aromatic rings. The number of unbranched alkanes of at least 4 members (excludes halogenated alkanes) is 1. The van der Waals surface area contributed by atoms with E-state index in [4.69, 9.17) is 5.73 Å². The Morgan fingerprint density at radius 1 is 1.06 bits per heavy atom. The summed E-state index contributed by atoms with van der Waals surface area (Å²) in [5.41, 5.74) is 4.71. The minimum atomic E-state index is -0.946. The van der Waals surface area contributed by atoms with Crippen molar-refractivity contribution >= 4 is 29.5 Å². The molecule has 0 unspecified atom stereocenters. The number of ketones is 1. The fraction of sp³-hybridized carbons (Fsp3) is 0.792. The molecule has 10 heteroatoms. The third-order valence-electron chi connectivity index (χ3n) is 6.88. The Morgan fingerprint density at radius 2 is 1.74 bits per heavy atom. The molecule has 5 amide bonds. The number of nitrogens with one attached hydrogen (secondary N) is 3. The van der Waals surface area contributed by atoms with E-state index in [0.29, 0.717) is 25.9 Å². The second-order valence-electron chi connectivity index (χ2n) is 10.5. The van der Waals surface area contributed by atoms with E-state index in [-0.39, 0.29) is 17.7 Å². The number of nitrogens with two attached hydrogens (primary N) is 1. The van der Waals surface area contributed by atoms with Crippen molar-refractivity contribution in [3.8, 4) is 0 Å². The predicted octanol–water partition coefficient (Wildman–Crippen LogP) is 1.08.